The van der Waals surface area contributed by atoms with Gasteiger partial charge in [0.15, 0.2) is 0 Å². The molecule has 0 unspecified atom stereocenters. The molecule has 0 aliphatic rings. The second-order valence-corrected chi connectivity index (χ2v) is 6.96. The van der Waals surface area contributed by atoms with Crippen LogP contribution < -0.4 is 26.2 Å². The van der Waals surface area contributed by atoms with E-state index in [1.165, 1.54) is 7.11 Å². The number of nitrogens with one attached hydrogen (secondary N) is 4. The number of ether oxygens (including phenoxy) is 1. The number of rotatable bonds is 7. The van der Waals surface area contributed by atoms with Crippen LogP contribution in [0.1, 0.15) is 17.5 Å². The van der Waals surface area contributed by atoms with Crippen molar-refractivity contribution in [2.24, 2.45) is 0 Å². The molecule has 0 fully saturated rings. The molecule has 0 aliphatic heterocycles. The van der Waals surface area contributed by atoms with Crippen molar-refractivity contribution in [2.75, 3.05) is 17.7 Å². The van der Waals surface area contributed by atoms with Gasteiger partial charge < -0.3 is 20.8 Å². The smallest absolute Gasteiger partial charge is 0.327 e. The normalized spacial score (nSPS) is 10.0. The predicted octanol–water partition coefficient (Wildman–Crippen LogP) is 3.07. The van der Waals surface area contributed by atoms with Crippen molar-refractivity contribution in [3.8, 4) is 5.75 Å². The lowest BCUT2D eigenvalue weighted by atomic mass is 10.2. The van der Waals surface area contributed by atoms with Crippen LogP contribution in [0.25, 0.3) is 0 Å². The van der Waals surface area contributed by atoms with Crippen molar-refractivity contribution < 1.29 is 19.1 Å². The molecule has 0 aromatic heterocycles. The molecule has 4 N–H and O–H groups in total. The van der Waals surface area contributed by atoms with Crippen molar-refractivity contribution in [1.29, 1.82) is 0 Å². The molecule has 0 heterocycles. The van der Waals surface area contributed by atoms with E-state index in [1.807, 2.05) is 19.9 Å². The Bertz CT molecular complexity index is 991. The van der Waals surface area contributed by atoms with Gasteiger partial charge in [-0.3, -0.25) is 19.8 Å². The summed E-state index contributed by atoms with van der Waals surface area (Å²) in [6.45, 7) is 7.33. The summed E-state index contributed by atoms with van der Waals surface area (Å²) in [7, 11) is 1.46. The number of halogens is 1. The Morgan fingerprint density at radius 1 is 0.967 bits per heavy atom. The highest BCUT2D eigenvalue weighted by molar-refractivity contribution is 6.39. The van der Waals surface area contributed by atoms with Gasteiger partial charge in [0.05, 0.1) is 19.2 Å². The first-order valence-electron chi connectivity index (χ1n) is 8.95. The van der Waals surface area contributed by atoms with Gasteiger partial charge in [0.2, 0.25) is 5.91 Å². The topological polar surface area (TPSA) is 109 Å². The Hall–Kier alpha value is -3.52. The molecule has 0 bridgehead atoms. The van der Waals surface area contributed by atoms with Crippen LogP contribution in [0.2, 0.25) is 5.02 Å². The van der Waals surface area contributed by atoms with Gasteiger partial charge in [-0.25, -0.2) is 0 Å². The molecule has 2 rings (SSSR count). The molecule has 0 saturated carbocycles. The molecular formula is C21H23ClN4O4. The van der Waals surface area contributed by atoms with E-state index < -0.39 is 11.8 Å². The van der Waals surface area contributed by atoms with Crippen LogP contribution in [0.4, 0.5) is 11.4 Å². The van der Waals surface area contributed by atoms with E-state index >= 15 is 0 Å². The highest BCUT2D eigenvalue weighted by Gasteiger charge is 2.16. The van der Waals surface area contributed by atoms with Crippen molar-refractivity contribution >= 4 is 40.7 Å². The number of methoxy groups -OCH3 is 1. The fourth-order valence-electron chi connectivity index (χ4n) is 2.50. The Balaban J connectivity index is 1.83. The Kier molecular flexibility index (Phi) is 7.83. The highest BCUT2D eigenvalue weighted by atomic mass is 35.5. The van der Waals surface area contributed by atoms with Gasteiger partial charge in [0.1, 0.15) is 5.75 Å². The van der Waals surface area contributed by atoms with Crippen molar-refractivity contribution in [3.63, 3.8) is 0 Å². The molecule has 0 radical (unpaired) electrons. The number of hydrogen-bond acceptors (Lipinski definition) is 5. The molecule has 0 aliphatic carbocycles. The minimum Gasteiger partial charge on any atom is -0.495 e. The Morgan fingerprint density at radius 2 is 1.70 bits per heavy atom. The standard InChI is InChI=1S/C21H23ClN4O4/c1-12-5-8-18(30-4)17(9-12)24-20(28)21(29)26-25-14(3)11-19(27)23-16-7-6-15(22)10-13(16)2/h5-10,25H,3,11H2,1-2,4H3,(H,23,27)(H,24,28)(H,26,29). The number of hydrazine groups is 1. The monoisotopic (exact) mass is 430 g/mol. The zero-order valence-electron chi connectivity index (χ0n) is 16.9. The second-order valence-electron chi connectivity index (χ2n) is 6.52. The molecule has 0 atom stereocenters. The fourth-order valence-corrected chi connectivity index (χ4v) is 2.73. The van der Waals surface area contributed by atoms with Crippen LogP contribution in [-0.2, 0) is 14.4 Å². The molecule has 0 spiro atoms. The van der Waals surface area contributed by atoms with Gasteiger partial charge in [0, 0.05) is 16.4 Å². The number of carbonyl (C=O) groups excluding carboxylic acids is 3. The number of anilines is 2. The molecule has 0 saturated heterocycles. The summed E-state index contributed by atoms with van der Waals surface area (Å²) in [5.41, 5.74) is 7.56. The summed E-state index contributed by atoms with van der Waals surface area (Å²) in [6, 6.07) is 10.3. The predicted molar refractivity (Wildman–Crippen MR) is 116 cm³/mol. The molecule has 158 valence electrons. The van der Waals surface area contributed by atoms with Crippen molar-refractivity contribution in [3.05, 3.63) is 64.8 Å². The summed E-state index contributed by atoms with van der Waals surface area (Å²) >= 11 is 5.89. The summed E-state index contributed by atoms with van der Waals surface area (Å²) in [5, 5.41) is 5.77. The van der Waals surface area contributed by atoms with E-state index in [-0.39, 0.29) is 18.0 Å². The van der Waals surface area contributed by atoms with E-state index in [1.54, 1.807) is 30.3 Å². The lowest BCUT2D eigenvalue weighted by Gasteiger charge is -2.13. The average molecular weight is 431 g/mol. The largest absolute Gasteiger partial charge is 0.495 e. The maximum atomic E-state index is 12.1. The first kappa shape index (κ1) is 22.8. The molecule has 2 aromatic carbocycles. The summed E-state index contributed by atoms with van der Waals surface area (Å²) in [5.74, 6) is -1.77. The van der Waals surface area contributed by atoms with Gasteiger partial charge in [-0.05, 0) is 55.3 Å². The first-order valence-corrected chi connectivity index (χ1v) is 9.33. The summed E-state index contributed by atoms with van der Waals surface area (Å²) in [6.07, 6.45) is -0.115. The van der Waals surface area contributed by atoms with Gasteiger partial charge in [0.25, 0.3) is 0 Å². The average Bonchev–Trinajstić information content (AvgIpc) is 2.68. The third-order valence-corrected chi connectivity index (χ3v) is 4.23. The van der Waals surface area contributed by atoms with Gasteiger partial charge in [-0.1, -0.05) is 24.2 Å². The molecular weight excluding hydrogens is 408 g/mol. The van der Waals surface area contributed by atoms with E-state index in [0.29, 0.717) is 22.1 Å². The second kappa shape index (κ2) is 10.3. The maximum absolute atomic E-state index is 12.1. The van der Waals surface area contributed by atoms with Crippen LogP contribution in [0, 0.1) is 13.8 Å². The number of amides is 3. The SMILES string of the molecule is C=C(CC(=O)Nc1ccc(Cl)cc1C)NNC(=O)C(=O)Nc1cc(C)ccc1OC. The lowest BCUT2D eigenvalue weighted by Crippen LogP contribution is -2.43. The van der Waals surface area contributed by atoms with E-state index in [0.717, 1.165) is 11.1 Å². The van der Waals surface area contributed by atoms with Gasteiger partial charge >= 0.3 is 11.8 Å². The zero-order valence-corrected chi connectivity index (χ0v) is 17.6. The van der Waals surface area contributed by atoms with Gasteiger partial charge in [-0.2, -0.15) is 0 Å². The number of carbonyl (C=O) groups is 3. The molecule has 9 heteroatoms. The fraction of sp³-hybridized carbons (Fsp3) is 0.190. The molecule has 30 heavy (non-hydrogen) atoms. The zero-order chi connectivity index (χ0) is 22.3. The van der Waals surface area contributed by atoms with E-state index in [2.05, 4.69) is 28.1 Å². The maximum Gasteiger partial charge on any atom is 0.327 e. The third kappa shape index (κ3) is 6.52. The van der Waals surface area contributed by atoms with Crippen LogP contribution in [0.15, 0.2) is 48.7 Å². The van der Waals surface area contributed by atoms with Gasteiger partial charge in [-0.15, -0.1) is 0 Å². The third-order valence-electron chi connectivity index (χ3n) is 4.00. The molecule has 8 nitrogen and oxygen atoms in total. The number of aryl methyl sites for hydroxylation is 2. The summed E-state index contributed by atoms with van der Waals surface area (Å²) < 4.78 is 5.16. The summed E-state index contributed by atoms with van der Waals surface area (Å²) in [4.78, 5) is 36.2. The Labute approximate surface area is 179 Å². The highest BCUT2D eigenvalue weighted by Crippen LogP contribution is 2.25. The van der Waals surface area contributed by atoms with Crippen LogP contribution in [-0.4, -0.2) is 24.8 Å². The van der Waals surface area contributed by atoms with Crippen LogP contribution in [0.5, 0.6) is 5.75 Å². The van der Waals surface area contributed by atoms with Crippen molar-refractivity contribution in [2.45, 2.75) is 20.3 Å². The minimum atomic E-state index is -0.950. The molecule has 3 amide bonds. The lowest BCUT2D eigenvalue weighted by molar-refractivity contribution is -0.136. The first-order chi connectivity index (χ1) is 14.2. The van der Waals surface area contributed by atoms with E-state index in [4.69, 9.17) is 16.3 Å². The minimum absolute atomic E-state index is 0.115. The Morgan fingerprint density at radius 3 is 2.37 bits per heavy atom. The van der Waals surface area contributed by atoms with Crippen LogP contribution in [0.3, 0.4) is 0 Å². The van der Waals surface area contributed by atoms with Crippen LogP contribution >= 0.6 is 11.6 Å². The number of benzene rings is 2. The quantitative estimate of drug-likeness (QED) is 0.399. The van der Waals surface area contributed by atoms with E-state index in [9.17, 15) is 14.4 Å². The molecule has 2 aromatic rings. The number of hydrogen-bond donors (Lipinski definition) is 4. The van der Waals surface area contributed by atoms with Crippen molar-refractivity contribution in [1.82, 2.24) is 10.9 Å².